The van der Waals surface area contributed by atoms with Crippen molar-refractivity contribution >= 4 is 0 Å². The zero-order valence-electron chi connectivity index (χ0n) is 10.4. The molecule has 9 heteroatoms. The lowest BCUT2D eigenvalue weighted by atomic mass is 10.1. The average Bonchev–Trinajstić information content (AvgIpc) is 2.91. The van der Waals surface area contributed by atoms with E-state index in [-0.39, 0.29) is 12.6 Å². The summed E-state index contributed by atoms with van der Waals surface area (Å²) in [6.45, 7) is 3.07. The van der Waals surface area contributed by atoms with E-state index in [2.05, 4.69) is 11.6 Å². The zero-order valence-corrected chi connectivity index (χ0v) is 10.4. The lowest BCUT2D eigenvalue weighted by molar-refractivity contribution is -0.0451. The second-order valence-corrected chi connectivity index (χ2v) is 4.55. The normalized spacial score (nSPS) is 30.7. The standard InChI is InChI=1S/C11H13N3O6/c1-2-3-13-9(17)12-10-14(11(13)18)8-7(20-10)6(16)5(4-15)19-8/h2,5-8,15-16H,1,3-4H2/t5-,6-,7+,8-/m1/s1. The summed E-state index contributed by atoms with van der Waals surface area (Å²) >= 11 is 0. The molecule has 9 nitrogen and oxygen atoms in total. The summed E-state index contributed by atoms with van der Waals surface area (Å²) in [5.41, 5.74) is -1.41. The molecule has 2 aliphatic heterocycles. The van der Waals surface area contributed by atoms with Crippen molar-refractivity contribution in [2.75, 3.05) is 6.61 Å². The van der Waals surface area contributed by atoms with Crippen molar-refractivity contribution in [3.63, 3.8) is 0 Å². The van der Waals surface area contributed by atoms with Gasteiger partial charge < -0.3 is 19.7 Å². The van der Waals surface area contributed by atoms with E-state index >= 15 is 0 Å². The van der Waals surface area contributed by atoms with Crippen LogP contribution in [-0.2, 0) is 11.3 Å². The average molecular weight is 283 g/mol. The predicted octanol–water partition coefficient (Wildman–Crippen LogP) is -2.40. The number of hydrogen-bond donors (Lipinski definition) is 2. The number of allylic oxidation sites excluding steroid dienone is 1. The van der Waals surface area contributed by atoms with Crippen LogP contribution in [0.2, 0.25) is 0 Å². The minimum atomic E-state index is -1.10. The molecule has 0 saturated carbocycles. The van der Waals surface area contributed by atoms with Gasteiger partial charge in [0.1, 0.15) is 12.2 Å². The van der Waals surface area contributed by atoms with Crippen molar-refractivity contribution in [1.82, 2.24) is 14.1 Å². The van der Waals surface area contributed by atoms with Crippen LogP contribution in [-0.4, -0.2) is 49.3 Å². The summed E-state index contributed by atoms with van der Waals surface area (Å²) in [6.07, 6.45) is -2.33. The van der Waals surface area contributed by atoms with Gasteiger partial charge in [-0.05, 0) is 0 Å². The first-order valence-electron chi connectivity index (χ1n) is 6.03. The maximum Gasteiger partial charge on any atom is 0.356 e. The summed E-state index contributed by atoms with van der Waals surface area (Å²) in [6, 6.07) is -0.189. The molecule has 2 N–H and O–H groups in total. The van der Waals surface area contributed by atoms with Crippen molar-refractivity contribution < 1.29 is 19.7 Å². The Hall–Kier alpha value is -1.97. The maximum atomic E-state index is 12.2. The SMILES string of the molecule is C=CCn1c(=O)nc2n(c1=O)[C@@H]1O[C@H](CO)[C@@H](O)[C@@H]1O2. The van der Waals surface area contributed by atoms with Crippen LogP contribution in [0.1, 0.15) is 6.23 Å². The number of aromatic nitrogens is 3. The number of hydrogen-bond acceptors (Lipinski definition) is 7. The van der Waals surface area contributed by atoms with E-state index in [9.17, 15) is 14.7 Å². The molecule has 0 spiro atoms. The summed E-state index contributed by atoms with van der Waals surface area (Å²) in [4.78, 5) is 27.6. The molecule has 0 unspecified atom stereocenters. The van der Waals surface area contributed by atoms with Gasteiger partial charge in [-0.1, -0.05) is 6.08 Å². The topological polar surface area (TPSA) is 116 Å². The highest BCUT2D eigenvalue weighted by Gasteiger charge is 2.52. The van der Waals surface area contributed by atoms with Gasteiger partial charge in [0.15, 0.2) is 12.3 Å². The van der Waals surface area contributed by atoms with Gasteiger partial charge in [0.05, 0.1) is 13.2 Å². The van der Waals surface area contributed by atoms with E-state index in [0.717, 1.165) is 9.13 Å². The fraction of sp³-hybridized carbons (Fsp3) is 0.545. The molecule has 3 rings (SSSR count). The molecule has 0 amide bonds. The van der Waals surface area contributed by atoms with Gasteiger partial charge in [0.25, 0.3) is 0 Å². The minimum absolute atomic E-state index is 0.00825. The smallest absolute Gasteiger partial charge is 0.356 e. The highest BCUT2D eigenvalue weighted by Crippen LogP contribution is 2.37. The van der Waals surface area contributed by atoms with Crippen LogP contribution in [0.25, 0.3) is 0 Å². The van der Waals surface area contributed by atoms with E-state index in [0.29, 0.717) is 0 Å². The van der Waals surface area contributed by atoms with Gasteiger partial charge in [0, 0.05) is 0 Å². The van der Waals surface area contributed by atoms with Gasteiger partial charge in [-0.3, -0.25) is 0 Å². The fourth-order valence-electron chi connectivity index (χ4n) is 2.40. The second kappa shape index (κ2) is 4.54. The summed E-state index contributed by atoms with van der Waals surface area (Å²) in [5, 5.41) is 19.0. The lowest BCUT2D eigenvalue weighted by Crippen LogP contribution is -2.41. The van der Waals surface area contributed by atoms with Crippen molar-refractivity contribution in [3.05, 3.63) is 33.6 Å². The van der Waals surface area contributed by atoms with Gasteiger partial charge in [-0.15, -0.1) is 11.6 Å². The third kappa shape index (κ3) is 1.64. The van der Waals surface area contributed by atoms with Crippen molar-refractivity contribution in [2.24, 2.45) is 0 Å². The molecule has 1 aromatic heterocycles. The molecule has 1 fully saturated rings. The van der Waals surface area contributed by atoms with Gasteiger partial charge >= 0.3 is 17.4 Å². The summed E-state index contributed by atoms with van der Waals surface area (Å²) < 4.78 is 12.6. The zero-order chi connectivity index (χ0) is 14.4. The molecule has 3 heterocycles. The number of ether oxygens (including phenoxy) is 2. The fourth-order valence-corrected chi connectivity index (χ4v) is 2.40. The van der Waals surface area contributed by atoms with Gasteiger partial charge in [-0.2, -0.15) is 0 Å². The third-order valence-corrected chi connectivity index (χ3v) is 3.37. The maximum absolute atomic E-state index is 12.2. The Balaban J connectivity index is 2.10. The molecule has 2 aliphatic rings. The largest absolute Gasteiger partial charge is 0.453 e. The van der Waals surface area contributed by atoms with Crippen LogP contribution in [0, 0.1) is 0 Å². The summed E-state index contributed by atoms with van der Waals surface area (Å²) in [7, 11) is 0. The highest BCUT2D eigenvalue weighted by molar-refractivity contribution is 5.09. The Kier molecular flexibility index (Phi) is 2.96. The van der Waals surface area contributed by atoms with Crippen molar-refractivity contribution in [3.8, 4) is 6.01 Å². The number of aliphatic hydroxyl groups excluding tert-OH is 2. The Morgan fingerprint density at radius 3 is 2.85 bits per heavy atom. The highest BCUT2D eigenvalue weighted by atomic mass is 16.6. The van der Waals surface area contributed by atoms with Crippen LogP contribution in [0.5, 0.6) is 6.01 Å². The Morgan fingerprint density at radius 1 is 1.45 bits per heavy atom. The predicted molar refractivity (Wildman–Crippen MR) is 64.4 cm³/mol. The first-order chi connectivity index (χ1) is 9.58. The molecular weight excluding hydrogens is 270 g/mol. The second-order valence-electron chi connectivity index (χ2n) is 4.55. The van der Waals surface area contributed by atoms with Gasteiger partial charge in [0.2, 0.25) is 0 Å². The van der Waals surface area contributed by atoms with Crippen molar-refractivity contribution in [2.45, 2.75) is 31.1 Å². The number of rotatable bonds is 3. The van der Waals surface area contributed by atoms with Crippen LogP contribution in [0.4, 0.5) is 0 Å². The molecule has 0 aromatic carbocycles. The van der Waals surface area contributed by atoms with E-state index in [4.69, 9.17) is 14.6 Å². The number of nitrogens with zero attached hydrogens (tertiary/aromatic N) is 3. The molecule has 108 valence electrons. The molecule has 0 aliphatic carbocycles. The molecule has 0 radical (unpaired) electrons. The first kappa shape index (κ1) is 13.0. The molecule has 4 atom stereocenters. The molecule has 1 aromatic rings. The van der Waals surface area contributed by atoms with E-state index in [1.807, 2.05) is 0 Å². The Morgan fingerprint density at radius 2 is 2.20 bits per heavy atom. The lowest BCUT2D eigenvalue weighted by Gasteiger charge is -2.14. The third-order valence-electron chi connectivity index (χ3n) is 3.37. The molecule has 1 saturated heterocycles. The Bertz CT molecular complexity index is 665. The first-order valence-corrected chi connectivity index (χ1v) is 6.03. The number of aliphatic hydroxyl groups is 2. The van der Waals surface area contributed by atoms with Crippen molar-refractivity contribution in [1.29, 1.82) is 0 Å². The van der Waals surface area contributed by atoms with Crippen LogP contribution < -0.4 is 16.1 Å². The van der Waals surface area contributed by atoms with E-state index in [1.165, 1.54) is 6.08 Å². The van der Waals surface area contributed by atoms with Crippen LogP contribution in [0.3, 0.4) is 0 Å². The molecule has 20 heavy (non-hydrogen) atoms. The number of fused-ring (bicyclic) bond motifs is 3. The Labute approximate surface area is 112 Å². The monoisotopic (exact) mass is 283 g/mol. The van der Waals surface area contributed by atoms with E-state index in [1.54, 1.807) is 0 Å². The van der Waals surface area contributed by atoms with Crippen LogP contribution in [0.15, 0.2) is 22.2 Å². The van der Waals surface area contributed by atoms with Crippen LogP contribution >= 0.6 is 0 Å². The van der Waals surface area contributed by atoms with Gasteiger partial charge in [-0.25, -0.2) is 18.7 Å². The minimum Gasteiger partial charge on any atom is -0.453 e. The molecule has 0 bridgehead atoms. The quantitative estimate of drug-likeness (QED) is 0.594. The summed E-state index contributed by atoms with van der Waals surface area (Å²) in [5.74, 6) is 0. The molecular formula is C11H13N3O6. The van der Waals surface area contributed by atoms with E-state index < -0.39 is 42.5 Å².